The largest absolute Gasteiger partial charge is 0.480 e. The number of nitrogens with one attached hydrogen (secondary N) is 2. The van der Waals surface area contributed by atoms with Crippen LogP contribution in [0.3, 0.4) is 0 Å². The van der Waals surface area contributed by atoms with E-state index >= 15 is 0 Å². The van der Waals surface area contributed by atoms with Crippen molar-refractivity contribution in [1.29, 1.82) is 0 Å². The summed E-state index contributed by atoms with van der Waals surface area (Å²) in [5, 5.41) is 14.5. The van der Waals surface area contributed by atoms with E-state index in [4.69, 9.17) is 6.42 Å². The normalized spacial score (nSPS) is 24.4. The van der Waals surface area contributed by atoms with Gasteiger partial charge in [0.15, 0.2) is 0 Å². The molecule has 2 fully saturated rings. The first kappa shape index (κ1) is 22.7. The highest BCUT2D eigenvalue weighted by molar-refractivity contribution is 8.01. The molecule has 2 aliphatic rings. The van der Waals surface area contributed by atoms with Gasteiger partial charge in [0.1, 0.15) is 23.5 Å². The average Bonchev–Trinajstić information content (AvgIpc) is 2.99. The van der Waals surface area contributed by atoms with E-state index in [1.807, 2.05) is 0 Å². The van der Waals surface area contributed by atoms with Gasteiger partial charge in [0.2, 0.25) is 17.7 Å². The Morgan fingerprint density at radius 1 is 1.29 bits per heavy atom. The average molecular weight is 444 g/mol. The van der Waals surface area contributed by atoms with E-state index in [0.717, 1.165) is 0 Å². The molecule has 3 rings (SSSR count). The van der Waals surface area contributed by atoms with E-state index in [9.17, 15) is 24.3 Å². The maximum atomic E-state index is 13.1. The van der Waals surface area contributed by atoms with Gasteiger partial charge in [-0.1, -0.05) is 30.3 Å². The minimum absolute atomic E-state index is 0.184. The van der Waals surface area contributed by atoms with Crippen molar-refractivity contribution in [3.8, 4) is 12.3 Å². The molecule has 3 amide bonds. The Hall–Kier alpha value is -2.99. The van der Waals surface area contributed by atoms with Crippen LogP contribution in [-0.2, 0) is 19.2 Å². The molecule has 164 valence electrons. The van der Waals surface area contributed by atoms with Gasteiger partial charge in [-0.3, -0.25) is 14.4 Å². The third-order valence-corrected chi connectivity index (χ3v) is 6.97. The van der Waals surface area contributed by atoms with Crippen molar-refractivity contribution >= 4 is 35.5 Å². The molecule has 1 aromatic carbocycles. The summed E-state index contributed by atoms with van der Waals surface area (Å²) in [5.74, 6) is 0.129. The van der Waals surface area contributed by atoms with E-state index in [0.29, 0.717) is 18.4 Å². The second-order valence-electron chi connectivity index (χ2n) is 8.05. The Balaban J connectivity index is 1.73. The molecule has 0 bridgehead atoms. The quantitative estimate of drug-likeness (QED) is 0.317. The van der Waals surface area contributed by atoms with Gasteiger partial charge in [-0.05, 0) is 25.8 Å². The molecule has 31 heavy (non-hydrogen) atoms. The molecular formula is C22H25N3O5S. The number of aliphatic carboxylic acids is 1. The molecule has 0 aromatic heterocycles. The summed E-state index contributed by atoms with van der Waals surface area (Å²) in [6.45, 7) is 3.54. The van der Waals surface area contributed by atoms with Gasteiger partial charge in [-0.2, -0.15) is 0 Å². The highest BCUT2D eigenvalue weighted by Crippen LogP contribution is 2.50. The van der Waals surface area contributed by atoms with Crippen LogP contribution in [0.5, 0.6) is 0 Å². The van der Waals surface area contributed by atoms with Crippen LogP contribution in [0.15, 0.2) is 30.3 Å². The zero-order valence-electron chi connectivity index (χ0n) is 17.3. The summed E-state index contributed by atoms with van der Waals surface area (Å²) < 4.78 is -0.685. The Kier molecular flexibility index (Phi) is 6.60. The number of hydrogen-bond donors (Lipinski definition) is 3. The van der Waals surface area contributed by atoms with Crippen molar-refractivity contribution in [1.82, 2.24) is 15.5 Å². The van der Waals surface area contributed by atoms with Crippen LogP contribution in [0, 0.1) is 12.3 Å². The predicted octanol–water partition coefficient (Wildman–Crippen LogP) is 1.28. The van der Waals surface area contributed by atoms with Crippen molar-refractivity contribution in [2.45, 2.75) is 61.4 Å². The van der Waals surface area contributed by atoms with Crippen molar-refractivity contribution in [3.05, 3.63) is 35.9 Å². The lowest BCUT2D eigenvalue weighted by molar-refractivity contribution is -0.161. The molecular weight excluding hydrogens is 418 g/mol. The number of benzene rings is 1. The van der Waals surface area contributed by atoms with Crippen molar-refractivity contribution in [3.63, 3.8) is 0 Å². The first-order valence-corrected chi connectivity index (χ1v) is 10.9. The molecule has 2 aliphatic heterocycles. The highest BCUT2D eigenvalue weighted by atomic mass is 32.2. The second kappa shape index (κ2) is 9.02. The van der Waals surface area contributed by atoms with Gasteiger partial charge < -0.3 is 20.6 Å². The first-order valence-electron chi connectivity index (χ1n) is 9.98. The number of carbonyl (C=O) groups excluding carboxylic acids is 3. The summed E-state index contributed by atoms with van der Waals surface area (Å²) in [5.41, 5.74) is 0.580. The zero-order valence-corrected chi connectivity index (χ0v) is 18.1. The summed E-state index contributed by atoms with van der Waals surface area (Å²) in [4.78, 5) is 51.0. The molecule has 0 saturated carbocycles. The van der Waals surface area contributed by atoms with Gasteiger partial charge in [0.25, 0.3) is 0 Å². The summed E-state index contributed by atoms with van der Waals surface area (Å²) in [6.07, 6.45) is 6.36. The number of carbonyl (C=O) groups is 4. The fourth-order valence-electron chi connectivity index (χ4n) is 3.91. The molecule has 9 heteroatoms. The molecule has 3 N–H and O–H groups in total. The molecule has 0 aliphatic carbocycles. The topological polar surface area (TPSA) is 116 Å². The lowest BCUT2D eigenvalue weighted by atomic mass is 9.95. The van der Waals surface area contributed by atoms with Crippen LogP contribution in [0.1, 0.15) is 44.7 Å². The lowest BCUT2D eigenvalue weighted by Gasteiger charge is -2.44. The molecule has 4 atom stereocenters. The number of hydrogen-bond acceptors (Lipinski definition) is 5. The number of carboxylic acids is 1. The number of nitrogens with zero attached hydrogens (tertiary/aromatic N) is 1. The number of fused-ring (bicyclic) bond motifs is 1. The van der Waals surface area contributed by atoms with Crippen LogP contribution >= 0.6 is 11.8 Å². The number of carboxylic acid groups (broad SMARTS) is 1. The minimum atomic E-state index is -1.07. The van der Waals surface area contributed by atoms with Crippen LogP contribution in [0.25, 0.3) is 0 Å². The van der Waals surface area contributed by atoms with Crippen molar-refractivity contribution < 1.29 is 24.3 Å². The van der Waals surface area contributed by atoms with Crippen molar-refractivity contribution in [2.24, 2.45) is 0 Å². The van der Waals surface area contributed by atoms with Gasteiger partial charge >= 0.3 is 5.97 Å². The van der Waals surface area contributed by atoms with E-state index < -0.39 is 46.0 Å². The Morgan fingerprint density at radius 2 is 1.97 bits per heavy atom. The number of amides is 3. The Bertz CT molecular complexity index is 927. The fourth-order valence-corrected chi connectivity index (χ4v) is 5.54. The summed E-state index contributed by atoms with van der Waals surface area (Å²) in [6, 6.07) is 5.96. The zero-order chi connectivity index (χ0) is 22.8. The molecule has 0 unspecified atom stereocenters. The standard InChI is InChI=1S/C22H25N3O5S/c1-4-5-7-12-14(26)23-15(13-10-8-6-9-11-13)18(27)24-16-19(28)25-17(21(29)30)22(2,3)31-20(16)25/h1,6,8-11,15-17,20H,5,7,12H2,2-3H3,(H,23,26)(H,24,27)(H,29,30)/t15-,16-,17+,20-/m1/s1. The number of rotatable bonds is 8. The maximum Gasteiger partial charge on any atom is 0.327 e. The summed E-state index contributed by atoms with van der Waals surface area (Å²) in [7, 11) is 0. The first-order chi connectivity index (χ1) is 14.7. The fraction of sp³-hybridized carbons (Fsp3) is 0.455. The third-order valence-electron chi connectivity index (χ3n) is 5.40. The molecule has 2 saturated heterocycles. The van der Waals surface area contributed by atoms with Gasteiger partial charge in [-0.25, -0.2) is 4.79 Å². The van der Waals surface area contributed by atoms with E-state index in [2.05, 4.69) is 16.6 Å². The number of unbranched alkanes of at least 4 members (excludes halogenated alkanes) is 1. The van der Waals surface area contributed by atoms with Crippen LogP contribution in [-0.4, -0.2) is 55.9 Å². The number of thioether (sulfide) groups is 1. The predicted molar refractivity (Wildman–Crippen MR) is 116 cm³/mol. The lowest BCUT2D eigenvalue weighted by Crippen LogP contribution is -2.71. The number of terminal acetylenes is 1. The Labute approximate surface area is 185 Å². The molecule has 8 nitrogen and oxygen atoms in total. The monoisotopic (exact) mass is 443 g/mol. The highest BCUT2D eigenvalue weighted by Gasteiger charge is 2.64. The molecule has 0 spiro atoms. The minimum Gasteiger partial charge on any atom is -0.480 e. The summed E-state index contributed by atoms with van der Waals surface area (Å²) >= 11 is 1.35. The SMILES string of the molecule is C#CCCCC(=O)N[C@@H](C(=O)N[C@@H]1C(=O)N2[C@@H]1SC(C)(C)[C@@H]2C(=O)O)c1ccccc1. The van der Waals surface area contributed by atoms with Crippen LogP contribution in [0.4, 0.5) is 0 Å². The maximum absolute atomic E-state index is 13.1. The third kappa shape index (κ3) is 4.54. The van der Waals surface area contributed by atoms with E-state index in [-0.39, 0.29) is 12.3 Å². The van der Waals surface area contributed by atoms with Crippen molar-refractivity contribution in [2.75, 3.05) is 0 Å². The molecule has 2 heterocycles. The van der Waals surface area contributed by atoms with Gasteiger partial charge in [0, 0.05) is 17.6 Å². The van der Waals surface area contributed by atoms with Crippen LogP contribution in [0.2, 0.25) is 0 Å². The van der Waals surface area contributed by atoms with E-state index in [1.165, 1.54) is 16.7 Å². The van der Waals surface area contributed by atoms with Gasteiger partial charge in [0.05, 0.1) is 0 Å². The second-order valence-corrected chi connectivity index (χ2v) is 9.82. The number of β-lactam (4-membered cyclic amide) rings is 1. The smallest absolute Gasteiger partial charge is 0.327 e. The molecule has 0 radical (unpaired) electrons. The van der Waals surface area contributed by atoms with Gasteiger partial charge in [-0.15, -0.1) is 24.1 Å². The Morgan fingerprint density at radius 3 is 2.58 bits per heavy atom. The van der Waals surface area contributed by atoms with E-state index in [1.54, 1.807) is 44.2 Å². The van der Waals surface area contributed by atoms with Crippen LogP contribution < -0.4 is 10.6 Å². The molecule has 1 aromatic rings.